The molecule has 1 aromatic carbocycles. The molecule has 0 radical (unpaired) electrons. The summed E-state index contributed by atoms with van der Waals surface area (Å²) in [5.74, 6) is -0.273. The first-order chi connectivity index (χ1) is 12.9. The average Bonchev–Trinajstić information content (AvgIpc) is 3.22. The van der Waals surface area contributed by atoms with Gasteiger partial charge in [0.05, 0.1) is 10.5 Å². The first-order valence-corrected chi connectivity index (χ1v) is 11.3. The molecule has 0 spiro atoms. The Balaban J connectivity index is 0.00000280. The number of amides is 1. The minimum Gasteiger partial charge on any atom is -0.371 e. The molecule has 3 N–H and O–H groups in total. The molecule has 0 bridgehead atoms. The van der Waals surface area contributed by atoms with E-state index < -0.39 is 10.0 Å². The lowest BCUT2D eigenvalue weighted by Gasteiger charge is -2.27. The Morgan fingerprint density at radius 1 is 1.11 bits per heavy atom. The monoisotopic (exact) mass is 430 g/mol. The molecule has 158 valence electrons. The van der Waals surface area contributed by atoms with E-state index in [0.717, 1.165) is 50.9 Å². The van der Waals surface area contributed by atoms with E-state index in [0.29, 0.717) is 25.2 Å². The number of nitrogens with two attached hydrogens (primary N) is 1. The summed E-state index contributed by atoms with van der Waals surface area (Å²) in [6, 6.07) is 4.78. The van der Waals surface area contributed by atoms with E-state index in [1.807, 2.05) is 6.92 Å². The Morgan fingerprint density at radius 2 is 1.71 bits per heavy atom. The largest absolute Gasteiger partial charge is 0.371 e. The summed E-state index contributed by atoms with van der Waals surface area (Å²) in [6.45, 7) is 5.01. The zero-order valence-corrected chi connectivity index (χ0v) is 18.0. The first kappa shape index (κ1) is 22.9. The summed E-state index contributed by atoms with van der Waals surface area (Å²) >= 11 is 0. The normalized spacial score (nSPS) is 19.1. The summed E-state index contributed by atoms with van der Waals surface area (Å²) in [5.41, 5.74) is 6.84. The van der Waals surface area contributed by atoms with Crippen LogP contribution in [-0.2, 0) is 10.0 Å². The molecular weight excluding hydrogens is 400 g/mol. The molecule has 3 rings (SSSR count). The average molecular weight is 431 g/mol. The summed E-state index contributed by atoms with van der Waals surface area (Å²) in [4.78, 5) is 15.2. The van der Waals surface area contributed by atoms with Crippen LogP contribution in [0.2, 0.25) is 0 Å². The summed E-state index contributed by atoms with van der Waals surface area (Å²) in [6.07, 6.45) is 4.98. The molecular formula is C19H31ClN4O3S. The van der Waals surface area contributed by atoms with Crippen molar-refractivity contribution in [2.24, 2.45) is 5.73 Å². The highest BCUT2D eigenvalue weighted by Crippen LogP contribution is 2.29. The van der Waals surface area contributed by atoms with Crippen LogP contribution in [0.4, 0.5) is 5.69 Å². The van der Waals surface area contributed by atoms with Crippen LogP contribution in [0.15, 0.2) is 23.1 Å². The second-order valence-electron chi connectivity index (χ2n) is 7.45. The van der Waals surface area contributed by atoms with Crippen molar-refractivity contribution in [3.8, 4) is 0 Å². The number of anilines is 1. The number of sulfonamides is 1. The zero-order chi connectivity index (χ0) is 19.4. The number of nitrogens with zero attached hydrogens (tertiary/aromatic N) is 2. The molecule has 0 aliphatic carbocycles. The molecule has 2 aliphatic rings. The van der Waals surface area contributed by atoms with Crippen LogP contribution in [0.25, 0.3) is 0 Å². The maximum absolute atomic E-state index is 13.0. The lowest BCUT2D eigenvalue weighted by molar-refractivity contribution is 0.0941. The Morgan fingerprint density at radius 3 is 2.32 bits per heavy atom. The van der Waals surface area contributed by atoms with Gasteiger partial charge in [0, 0.05) is 44.5 Å². The van der Waals surface area contributed by atoms with Gasteiger partial charge in [0.2, 0.25) is 10.0 Å². The van der Waals surface area contributed by atoms with Gasteiger partial charge < -0.3 is 16.0 Å². The molecule has 1 atom stereocenters. The molecule has 1 amide bonds. The highest BCUT2D eigenvalue weighted by Gasteiger charge is 2.29. The van der Waals surface area contributed by atoms with Gasteiger partial charge in [0.1, 0.15) is 0 Å². The fraction of sp³-hybridized carbons (Fsp3) is 0.632. The van der Waals surface area contributed by atoms with Gasteiger partial charge >= 0.3 is 0 Å². The molecule has 0 unspecified atom stereocenters. The van der Waals surface area contributed by atoms with Crippen LogP contribution in [0.3, 0.4) is 0 Å². The molecule has 1 aromatic rings. The van der Waals surface area contributed by atoms with Gasteiger partial charge in [-0.05, 0) is 50.8 Å². The smallest absolute Gasteiger partial charge is 0.253 e. The van der Waals surface area contributed by atoms with Crippen LogP contribution < -0.4 is 16.0 Å². The minimum atomic E-state index is -3.58. The third-order valence-electron chi connectivity index (χ3n) is 5.34. The van der Waals surface area contributed by atoms with Gasteiger partial charge in [-0.3, -0.25) is 4.79 Å². The fourth-order valence-electron chi connectivity index (χ4n) is 3.71. The van der Waals surface area contributed by atoms with Crippen molar-refractivity contribution < 1.29 is 13.2 Å². The quantitative estimate of drug-likeness (QED) is 0.719. The maximum Gasteiger partial charge on any atom is 0.253 e. The second kappa shape index (κ2) is 9.91. The van der Waals surface area contributed by atoms with Crippen LogP contribution >= 0.6 is 12.4 Å². The summed E-state index contributed by atoms with van der Waals surface area (Å²) < 4.78 is 27.6. The number of benzene rings is 1. The van der Waals surface area contributed by atoms with E-state index in [-0.39, 0.29) is 29.3 Å². The molecule has 28 heavy (non-hydrogen) atoms. The number of carbonyl (C=O) groups is 1. The van der Waals surface area contributed by atoms with Crippen molar-refractivity contribution in [2.45, 2.75) is 50.0 Å². The van der Waals surface area contributed by atoms with Gasteiger partial charge in [0.25, 0.3) is 5.91 Å². The Kier molecular flexibility index (Phi) is 8.12. The predicted molar refractivity (Wildman–Crippen MR) is 114 cm³/mol. The standard InChI is InChI=1S/C19H30N4O3S.ClH/c1-15(14-20)21-19(24)17-13-16(7-8-18(17)22-9-5-6-10-22)27(25,26)23-11-3-2-4-12-23;/h7-8,13,15H,2-6,9-12,14,20H2,1H3,(H,21,24);1H/t15-;/m0./s1. The van der Waals surface area contributed by atoms with E-state index in [2.05, 4.69) is 10.2 Å². The van der Waals surface area contributed by atoms with Crippen LogP contribution in [0, 0.1) is 0 Å². The van der Waals surface area contributed by atoms with Crippen molar-refractivity contribution in [3.63, 3.8) is 0 Å². The predicted octanol–water partition coefficient (Wildman–Crippen LogP) is 1.96. The van der Waals surface area contributed by atoms with E-state index in [1.165, 1.54) is 10.4 Å². The molecule has 2 fully saturated rings. The molecule has 7 nitrogen and oxygen atoms in total. The molecule has 2 heterocycles. The highest BCUT2D eigenvalue weighted by molar-refractivity contribution is 7.89. The number of rotatable bonds is 6. The topological polar surface area (TPSA) is 95.7 Å². The molecule has 0 saturated carbocycles. The van der Waals surface area contributed by atoms with E-state index >= 15 is 0 Å². The molecule has 9 heteroatoms. The second-order valence-corrected chi connectivity index (χ2v) is 9.39. The summed E-state index contributed by atoms with van der Waals surface area (Å²) in [7, 11) is -3.58. The van der Waals surface area contributed by atoms with Gasteiger partial charge in [0.15, 0.2) is 0 Å². The lowest BCUT2D eigenvalue weighted by Crippen LogP contribution is -2.39. The van der Waals surface area contributed by atoms with Crippen molar-refractivity contribution >= 4 is 34.0 Å². The van der Waals surface area contributed by atoms with Crippen molar-refractivity contribution in [2.75, 3.05) is 37.6 Å². The highest BCUT2D eigenvalue weighted by atomic mass is 35.5. The number of piperidine rings is 1. The Hall–Kier alpha value is -1.35. The van der Waals surface area contributed by atoms with Gasteiger partial charge in [-0.1, -0.05) is 6.42 Å². The van der Waals surface area contributed by atoms with Gasteiger partial charge in [-0.15, -0.1) is 12.4 Å². The number of halogens is 1. The van der Waals surface area contributed by atoms with Crippen LogP contribution in [0.1, 0.15) is 49.4 Å². The van der Waals surface area contributed by atoms with Crippen molar-refractivity contribution in [3.05, 3.63) is 23.8 Å². The van der Waals surface area contributed by atoms with E-state index in [4.69, 9.17) is 5.73 Å². The van der Waals surface area contributed by atoms with E-state index in [9.17, 15) is 13.2 Å². The number of hydrogen-bond donors (Lipinski definition) is 2. The first-order valence-electron chi connectivity index (χ1n) is 9.83. The molecule has 2 saturated heterocycles. The third kappa shape index (κ3) is 4.97. The molecule has 0 aromatic heterocycles. The molecule has 2 aliphatic heterocycles. The van der Waals surface area contributed by atoms with Crippen LogP contribution in [0.5, 0.6) is 0 Å². The van der Waals surface area contributed by atoms with Crippen molar-refractivity contribution in [1.29, 1.82) is 0 Å². The van der Waals surface area contributed by atoms with E-state index in [1.54, 1.807) is 12.1 Å². The minimum absolute atomic E-state index is 0. The zero-order valence-electron chi connectivity index (χ0n) is 16.4. The number of nitrogens with one attached hydrogen (secondary N) is 1. The Labute approximate surface area is 174 Å². The SMILES string of the molecule is C[C@@H](CN)NC(=O)c1cc(S(=O)(=O)N2CCCCC2)ccc1N1CCCC1.Cl. The van der Waals surface area contributed by atoms with Gasteiger partial charge in [-0.25, -0.2) is 8.42 Å². The Bertz CT molecular complexity index is 775. The summed E-state index contributed by atoms with van der Waals surface area (Å²) in [5, 5.41) is 2.87. The maximum atomic E-state index is 13.0. The van der Waals surface area contributed by atoms with Gasteiger partial charge in [-0.2, -0.15) is 4.31 Å². The fourth-order valence-corrected chi connectivity index (χ4v) is 5.25. The third-order valence-corrected chi connectivity index (χ3v) is 7.24. The van der Waals surface area contributed by atoms with Crippen molar-refractivity contribution in [1.82, 2.24) is 9.62 Å². The lowest BCUT2D eigenvalue weighted by atomic mass is 10.1. The number of carbonyl (C=O) groups excluding carboxylic acids is 1. The number of hydrogen-bond acceptors (Lipinski definition) is 5. The van der Waals surface area contributed by atoms with Crippen LogP contribution in [-0.4, -0.2) is 57.4 Å².